The molecule has 1 amide bonds. The van der Waals surface area contributed by atoms with Gasteiger partial charge in [0.15, 0.2) is 0 Å². The zero-order valence-electron chi connectivity index (χ0n) is 11.5. The first-order valence-electron chi connectivity index (χ1n) is 7.04. The fourth-order valence-corrected chi connectivity index (χ4v) is 3.85. The van der Waals surface area contributed by atoms with Crippen molar-refractivity contribution in [2.45, 2.75) is 31.8 Å². The topological polar surface area (TPSA) is 57.7 Å². The molecule has 0 N–H and O–H groups in total. The van der Waals surface area contributed by atoms with Crippen LogP contribution in [0.1, 0.15) is 24.0 Å². The van der Waals surface area contributed by atoms with E-state index in [9.17, 15) is 17.1 Å². The minimum atomic E-state index is -4.91. The predicted octanol–water partition coefficient (Wildman–Crippen LogP) is 1.25. The number of carbonyl (C=O) groups is 1. The molecular formula is C14H17FN2O3S. The van der Waals surface area contributed by atoms with Crippen molar-refractivity contribution in [2.75, 3.05) is 13.1 Å². The largest absolute Gasteiger partial charge is 0.375 e. The van der Waals surface area contributed by atoms with Crippen LogP contribution < -0.4 is 0 Å². The van der Waals surface area contributed by atoms with Gasteiger partial charge in [0, 0.05) is 19.6 Å². The number of fused-ring (bicyclic) bond motifs is 1. The van der Waals surface area contributed by atoms with Gasteiger partial charge in [-0.3, -0.25) is 4.79 Å². The van der Waals surface area contributed by atoms with Crippen LogP contribution >= 0.6 is 0 Å². The Kier molecular flexibility index (Phi) is 3.71. The molecule has 1 fully saturated rings. The smallest absolute Gasteiger partial charge is 0.341 e. The third-order valence-electron chi connectivity index (χ3n) is 4.19. The van der Waals surface area contributed by atoms with E-state index in [4.69, 9.17) is 0 Å². The lowest BCUT2D eigenvalue weighted by molar-refractivity contribution is -0.134. The van der Waals surface area contributed by atoms with Gasteiger partial charge in [-0.05, 0) is 30.4 Å². The number of halogens is 1. The molecule has 5 nitrogen and oxygen atoms in total. The summed E-state index contributed by atoms with van der Waals surface area (Å²) in [5, 5.41) is 0. The average molecular weight is 312 g/mol. The van der Waals surface area contributed by atoms with E-state index >= 15 is 0 Å². The van der Waals surface area contributed by atoms with Gasteiger partial charge in [0.1, 0.15) is 6.04 Å². The van der Waals surface area contributed by atoms with Crippen LogP contribution in [0.5, 0.6) is 0 Å². The molecule has 1 unspecified atom stereocenters. The summed E-state index contributed by atoms with van der Waals surface area (Å²) in [6, 6.07) is 6.29. The number of rotatable bonds is 2. The lowest BCUT2D eigenvalue weighted by Gasteiger charge is -2.34. The van der Waals surface area contributed by atoms with Gasteiger partial charge in [-0.2, -0.15) is 12.7 Å². The zero-order valence-corrected chi connectivity index (χ0v) is 12.4. The number of hydrogen-bond donors (Lipinski definition) is 0. The highest BCUT2D eigenvalue weighted by molar-refractivity contribution is 7.84. The second-order valence-electron chi connectivity index (χ2n) is 5.51. The predicted molar refractivity (Wildman–Crippen MR) is 75.3 cm³/mol. The summed E-state index contributed by atoms with van der Waals surface area (Å²) >= 11 is 0. The van der Waals surface area contributed by atoms with Crippen LogP contribution in [0.3, 0.4) is 0 Å². The van der Waals surface area contributed by atoms with Crippen molar-refractivity contribution in [3.8, 4) is 0 Å². The Morgan fingerprint density at radius 2 is 1.76 bits per heavy atom. The van der Waals surface area contributed by atoms with Gasteiger partial charge >= 0.3 is 10.4 Å². The molecule has 2 aliphatic rings. The van der Waals surface area contributed by atoms with E-state index in [2.05, 4.69) is 0 Å². The second kappa shape index (κ2) is 5.38. The summed E-state index contributed by atoms with van der Waals surface area (Å²) in [7, 11) is -4.91. The first-order chi connectivity index (χ1) is 9.97. The molecule has 2 aliphatic heterocycles. The molecule has 0 aromatic heterocycles. The summed E-state index contributed by atoms with van der Waals surface area (Å²) in [6.07, 6.45) is 2.06. The number of amides is 1. The molecule has 1 atom stereocenters. The van der Waals surface area contributed by atoms with Crippen LogP contribution in [-0.2, 0) is 28.2 Å². The summed E-state index contributed by atoms with van der Waals surface area (Å²) in [5.41, 5.74) is 1.67. The number of likely N-dealkylation sites (tertiary alicyclic amines) is 1. The Morgan fingerprint density at radius 3 is 2.38 bits per heavy atom. The van der Waals surface area contributed by atoms with Gasteiger partial charge in [0.25, 0.3) is 0 Å². The lowest BCUT2D eigenvalue weighted by Crippen LogP contribution is -2.52. The first-order valence-corrected chi connectivity index (χ1v) is 8.38. The molecule has 1 aromatic rings. The Balaban J connectivity index is 1.94. The quantitative estimate of drug-likeness (QED) is 0.772. The monoisotopic (exact) mass is 312 g/mol. The number of benzene rings is 1. The maximum Gasteiger partial charge on any atom is 0.375 e. The van der Waals surface area contributed by atoms with E-state index < -0.39 is 16.5 Å². The van der Waals surface area contributed by atoms with Crippen LogP contribution in [0.4, 0.5) is 3.89 Å². The Hall–Kier alpha value is -1.47. The molecule has 0 radical (unpaired) electrons. The standard InChI is InChI=1S/C14H17FN2O3S/c15-21(19,20)17-10-12-6-2-1-5-11(12)9-13(17)14(18)16-7-3-4-8-16/h1-2,5-6,13H,3-4,7-10H2. The summed E-state index contributed by atoms with van der Waals surface area (Å²) in [5.74, 6) is -0.289. The maximum absolute atomic E-state index is 13.6. The van der Waals surface area contributed by atoms with Crippen LogP contribution in [-0.4, -0.2) is 42.7 Å². The van der Waals surface area contributed by atoms with Crippen LogP contribution in [0.25, 0.3) is 0 Å². The summed E-state index contributed by atoms with van der Waals surface area (Å²) < 4.78 is 37.1. The molecule has 0 bridgehead atoms. The first kappa shape index (κ1) is 14.5. The fraction of sp³-hybridized carbons (Fsp3) is 0.500. The van der Waals surface area contributed by atoms with E-state index in [1.165, 1.54) is 0 Å². The Labute approximate surface area is 123 Å². The number of carbonyl (C=O) groups excluding carboxylic acids is 1. The Morgan fingerprint density at radius 1 is 1.14 bits per heavy atom. The van der Waals surface area contributed by atoms with E-state index in [1.54, 1.807) is 17.0 Å². The molecule has 0 aliphatic carbocycles. The summed E-state index contributed by atoms with van der Waals surface area (Å²) in [4.78, 5) is 14.2. The fourth-order valence-electron chi connectivity index (χ4n) is 3.09. The lowest BCUT2D eigenvalue weighted by atomic mass is 9.95. The average Bonchev–Trinajstić information content (AvgIpc) is 2.98. The summed E-state index contributed by atoms with van der Waals surface area (Å²) in [6.45, 7) is 1.16. The number of hydrogen-bond acceptors (Lipinski definition) is 3. The molecular weight excluding hydrogens is 295 g/mol. The second-order valence-corrected chi connectivity index (χ2v) is 6.80. The molecule has 0 saturated carbocycles. The van der Waals surface area contributed by atoms with E-state index in [0.717, 1.165) is 24.0 Å². The highest BCUT2D eigenvalue weighted by Gasteiger charge is 2.41. The third-order valence-corrected chi connectivity index (χ3v) is 5.13. The van der Waals surface area contributed by atoms with E-state index in [1.807, 2.05) is 12.1 Å². The molecule has 1 saturated heterocycles. The van der Waals surface area contributed by atoms with Crippen molar-refractivity contribution in [2.24, 2.45) is 0 Å². The van der Waals surface area contributed by atoms with Crippen molar-refractivity contribution in [3.05, 3.63) is 35.4 Å². The van der Waals surface area contributed by atoms with Crippen molar-refractivity contribution < 1.29 is 17.1 Å². The molecule has 7 heteroatoms. The van der Waals surface area contributed by atoms with E-state index in [0.29, 0.717) is 17.4 Å². The van der Waals surface area contributed by atoms with Gasteiger partial charge in [0.05, 0.1) is 0 Å². The molecule has 1 aromatic carbocycles. The Bertz CT molecular complexity index is 656. The molecule has 114 valence electrons. The molecule has 2 heterocycles. The molecule has 21 heavy (non-hydrogen) atoms. The molecule has 3 rings (SSSR count). The zero-order chi connectivity index (χ0) is 15.0. The third kappa shape index (κ3) is 2.80. The van der Waals surface area contributed by atoms with Crippen molar-refractivity contribution in [1.82, 2.24) is 9.21 Å². The van der Waals surface area contributed by atoms with Crippen molar-refractivity contribution in [1.29, 1.82) is 0 Å². The normalized spacial score (nSPS) is 23.1. The minimum absolute atomic E-state index is 0.0841. The van der Waals surface area contributed by atoms with E-state index in [-0.39, 0.29) is 18.9 Å². The van der Waals surface area contributed by atoms with Crippen molar-refractivity contribution >= 4 is 16.3 Å². The van der Waals surface area contributed by atoms with Gasteiger partial charge in [-0.1, -0.05) is 28.2 Å². The maximum atomic E-state index is 13.6. The highest BCUT2D eigenvalue weighted by Crippen LogP contribution is 2.28. The van der Waals surface area contributed by atoms with Gasteiger partial charge in [-0.15, -0.1) is 0 Å². The molecule has 0 spiro atoms. The van der Waals surface area contributed by atoms with Gasteiger partial charge in [-0.25, -0.2) is 0 Å². The van der Waals surface area contributed by atoms with Crippen LogP contribution in [0.2, 0.25) is 0 Å². The van der Waals surface area contributed by atoms with Crippen LogP contribution in [0.15, 0.2) is 24.3 Å². The van der Waals surface area contributed by atoms with Gasteiger partial charge in [0.2, 0.25) is 5.91 Å². The van der Waals surface area contributed by atoms with Crippen molar-refractivity contribution in [3.63, 3.8) is 0 Å². The van der Waals surface area contributed by atoms with Gasteiger partial charge < -0.3 is 4.90 Å². The number of nitrogens with zero attached hydrogens (tertiary/aromatic N) is 2. The SMILES string of the molecule is O=C(C1Cc2ccccc2CN1S(=O)(=O)F)N1CCCC1. The highest BCUT2D eigenvalue weighted by atomic mass is 32.3. The van der Waals surface area contributed by atoms with Crippen LogP contribution in [0, 0.1) is 0 Å². The minimum Gasteiger partial charge on any atom is -0.341 e.